The molecule has 3 aromatic rings. The van der Waals surface area contributed by atoms with Crippen molar-refractivity contribution >= 4 is 22.6 Å². The molecule has 3 rings (SSSR count). The molecule has 0 saturated heterocycles. The van der Waals surface area contributed by atoms with Gasteiger partial charge in [-0.15, -0.1) is 0 Å². The van der Waals surface area contributed by atoms with E-state index in [2.05, 4.69) is 25.3 Å². The number of benzene rings is 2. The van der Waals surface area contributed by atoms with Gasteiger partial charge < -0.3 is 9.47 Å². The van der Waals surface area contributed by atoms with Gasteiger partial charge in [0.05, 0.1) is 11.0 Å². The molecular weight excluding hydrogens is 310 g/mol. The monoisotopic (exact) mass is 335 g/mol. The zero-order chi connectivity index (χ0) is 18.0. The number of amides is 1. The third kappa shape index (κ3) is 3.43. The summed E-state index contributed by atoms with van der Waals surface area (Å²) in [6.07, 6.45) is 0. The smallest absolute Gasteiger partial charge is 0.246 e. The molecular formula is C21H25N3O. The van der Waals surface area contributed by atoms with Crippen molar-refractivity contribution in [1.29, 1.82) is 0 Å². The first-order valence-corrected chi connectivity index (χ1v) is 8.73. The Morgan fingerprint density at radius 2 is 1.68 bits per heavy atom. The minimum Gasteiger partial charge on any atom is -0.318 e. The molecule has 0 aliphatic rings. The number of carbonyl (C=O) groups excluding carboxylic acids is 1. The van der Waals surface area contributed by atoms with Gasteiger partial charge in [-0.25, -0.2) is 4.98 Å². The lowest BCUT2D eigenvalue weighted by molar-refractivity contribution is -0.119. The number of hydrogen-bond donors (Lipinski definition) is 0. The molecule has 0 bridgehead atoms. The number of imidazole rings is 1. The zero-order valence-corrected chi connectivity index (χ0v) is 15.4. The van der Waals surface area contributed by atoms with Gasteiger partial charge >= 0.3 is 0 Å². The van der Waals surface area contributed by atoms with Gasteiger partial charge in [-0.2, -0.15) is 0 Å². The van der Waals surface area contributed by atoms with Gasteiger partial charge in [-0.05, 0) is 31.2 Å². The summed E-state index contributed by atoms with van der Waals surface area (Å²) < 4.78 is 2.06. The number of anilines is 1. The van der Waals surface area contributed by atoms with Crippen molar-refractivity contribution in [3.63, 3.8) is 0 Å². The average molecular weight is 335 g/mol. The Morgan fingerprint density at radius 3 is 2.32 bits per heavy atom. The van der Waals surface area contributed by atoms with Gasteiger partial charge in [-0.1, -0.05) is 51.1 Å². The van der Waals surface area contributed by atoms with Crippen LogP contribution in [-0.2, 0) is 16.8 Å². The van der Waals surface area contributed by atoms with Crippen LogP contribution in [0.4, 0.5) is 5.69 Å². The van der Waals surface area contributed by atoms with E-state index in [9.17, 15) is 4.79 Å². The predicted octanol–water partition coefficient (Wildman–Crippen LogP) is 4.39. The summed E-state index contributed by atoms with van der Waals surface area (Å²) in [5.74, 6) is 1.01. The van der Waals surface area contributed by atoms with Crippen molar-refractivity contribution in [3.05, 3.63) is 60.4 Å². The number of aromatic nitrogens is 2. The molecule has 1 aromatic heterocycles. The minimum absolute atomic E-state index is 0.0716. The fourth-order valence-electron chi connectivity index (χ4n) is 3.14. The van der Waals surface area contributed by atoms with Crippen molar-refractivity contribution in [3.8, 4) is 0 Å². The van der Waals surface area contributed by atoms with Crippen LogP contribution < -0.4 is 4.90 Å². The Hall–Kier alpha value is -2.62. The van der Waals surface area contributed by atoms with E-state index in [0.717, 1.165) is 22.5 Å². The van der Waals surface area contributed by atoms with Gasteiger partial charge in [0.15, 0.2) is 0 Å². The van der Waals surface area contributed by atoms with Crippen molar-refractivity contribution in [2.75, 3.05) is 11.4 Å². The maximum Gasteiger partial charge on any atom is 0.246 e. The first-order valence-electron chi connectivity index (χ1n) is 8.73. The van der Waals surface area contributed by atoms with Crippen LogP contribution in [0.1, 0.15) is 33.5 Å². The molecule has 4 heteroatoms. The summed E-state index contributed by atoms with van der Waals surface area (Å²) in [5, 5.41) is 0. The van der Waals surface area contributed by atoms with Crippen molar-refractivity contribution in [1.82, 2.24) is 9.55 Å². The third-order valence-corrected chi connectivity index (χ3v) is 4.30. The molecule has 0 spiro atoms. The standard InChI is InChI=1S/C21H25N3O/c1-5-23(16-11-7-6-8-12-16)19(25)15-24-18-14-10-9-13-17(18)22-20(24)21(2,3)4/h6-14H,5,15H2,1-4H3. The number of nitrogens with zero attached hydrogens (tertiary/aromatic N) is 3. The van der Waals surface area contributed by atoms with E-state index < -0.39 is 0 Å². The molecule has 0 N–H and O–H groups in total. The Kier molecular flexibility index (Phi) is 4.62. The highest BCUT2D eigenvalue weighted by atomic mass is 16.2. The molecule has 0 aliphatic heterocycles. The predicted molar refractivity (Wildman–Crippen MR) is 103 cm³/mol. The van der Waals surface area contributed by atoms with Gasteiger partial charge in [0.1, 0.15) is 12.4 Å². The first-order chi connectivity index (χ1) is 11.9. The van der Waals surface area contributed by atoms with Crippen LogP contribution in [0.3, 0.4) is 0 Å². The Balaban J connectivity index is 2.00. The van der Waals surface area contributed by atoms with Crippen molar-refractivity contribution in [2.45, 2.75) is 39.7 Å². The van der Waals surface area contributed by atoms with Crippen LogP contribution in [0.2, 0.25) is 0 Å². The first kappa shape index (κ1) is 17.2. The summed E-state index contributed by atoms with van der Waals surface area (Å²) in [6, 6.07) is 17.8. The highest BCUT2D eigenvalue weighted by Crippen LogP contribution is 2.27. The lowest BCUT2D eigenvalue weighted by atomic mass is 9.95. The normalized spacial score (nSPS) is 11.7. The number of para-hydroxylation sites is 3. The largest absolute Gasteiger partial charge is 0.318 e. The summed E-state index contributed by atoms with van der Waals surface area (Å²) in [6.45, 7) is 9.32. The Morgan fingerprint density at radius 1 is 1.04 bits per heavy atom. The van der Waals surface area contributed by atoms with E-state index in [-0.39, 0.29) is 17.9 Å². The molecule has 4 nitrogen and oxygen atoms in total. The van der Waals surface area contributed by atoms with E-state index in [0.29, 0.717) is 6.54 Å². The van der Waals surface area contributed by atoms with E-state index in [1.165, 1.54) is 0 Å². The zero-order valence-electron chi connectivity index (χ0n) is 15.4. The fraction of sp³-hybridized carbons (Fsp3) is 0.333. The third-order valence-electron chi connectivity index (χ3n) is 4.30. The summed E-state index contributed by atoms with van der Waals surface area (Å²) in [4.78, 5) is 19.7. The Bertz CT molecular complexity index is 875. The number of rotatable bonds is 4. The molecule has 0 unspecified atom stereocenters. The minimum atomic E-state index is -0.136. The van der Waals surface area contributed by atoms with Crippen LogP contribution in [0.5, 0.6) is 0 Å². The number of fused-ring (bicyclic) bond motifs is 1. The van der Waals surface area contributed by atoms with E-state index in [1.54, 1.807) is 0 Å². The van der Waals surface area contributed by atoms with Crippen molar-refractivity contribution in [2.24, 2.45) is 0 Å². The average Bonchev–Trinajstić information content (AvgIpc) is 2.96. The molecule has 0 fully saturated rings. The highest BCUT2D eigenvalue weighted by Gasteiger charge is 2.25. The van der Waals surface area contributed by atoms with Crippen molar-refractivity contribution < 1.29 is 4.79 Å². The van der Waals surface area contributed by atoms with Gasteiger partial charge in [0.2, 0.25) is 5.91 Å². The second-order valence-corrected chi connectivity index (χ2v) is 7.23. The second-order valence-electron chi connectivity index (χ2n) is 7.23. The number of hydrogen-bond acceptors (Lipinski definition) is 2. The summed E-state index contributed by atoms with van der Waals surface area (Å²) >= 11 is 0. The fourth-order valence-corrected chi connectivity index (χ4v) is 3.14. The maximum atomic E-state index is 13.0. The summed E-state index contributed by atoms with van der Waals surface area (Å²) in [5.41, 5.74) is 2.73. The van der Waals surface area contributed by atoms with Crippen LogP contribution in [-0.4, -0.2) is 22.0 Å². The molecule has 25 heavy (non-hydrogen) atoms. The molecule has 2 aromatic carbocycles. The molecule has 0 atom stereocenters. The van der Waals surface area contributed by atoms with Gasteiger partial charge in [0.25, 0.3) is 0 Å². The maximum absolute atomic E-state index is 13.0. The van der Waals surface area contributed by atoms with Crippen LogP contribution in [0.15, 0.2) is 54.6 Å². The second kappa shape index (κ2) is 6.71. The Labute approximate surface area is 149 Å². The quantitative estimate of drug-likeness (QED) is 0.709. The molecule has 1 heterocycles. The number of carbonyl (C=O) groups is 1. The topological polar surface area (TPSA) is 38.1 Å². The lowest BCUT2D eigenvalue weighted by Gasteiger charge is -2.24. The summed E-state index contributed by atoms with van der Waals surface area (Å²) in [7, 11) is 0. The SMILES string of the molecule is CCN(C(=O)Cn1c(C(C)(C)C)nc2ccccc21)c1ccccc1. The van der Waals surface area contributed by atoms with Crippen LogP contribution in [0, 0.1) is 0 Å². The van der Waals surface area contributed by atoms with E-state index in [1.807, 2.05) is 66.4 Å². The molecule has 0 radical (unpaired) electrons. The van der Waals surface area contributed by atoms with Crippen LogP contribution >= 0.6 is 0 Å². The molecule has 1 amide bonds. The highest BCUT2D eigenvalue weighted by molar-refractivity contribution is 5.94. The van der Waals surface area contributed by atoms with Gasteiger partial charge in [-0.3, -0.25) is 4.79 Å². The van der Waals surface area contributed by atoms with E-state index in [4.69, 9.17) is 4.98 Å². The van der Waals surface area contributed by atoms with Gasteiger partial charge in [0, 0.05) is 17.6 Å². The number of likely N-dealkylation sites (N-methyl/N-ethyl adjacent to an activating group) is 1. The molecule has 0 aliphatic carbocycles. The molecule has 130 valence electrons. The van der Waals surface area contributed by atoms with Crippen LogP contribution in [0.25, 0.3) is 11.0 Å². The molecule has 0 saturated carbocycles. The van der Waals surface area contributed by atoms with E-state index >= 15 is 0 Å². The lowest BCUT2D eigenvalue weighted by Crippen LogP contribution is -2.35.